The van der Waals surface area contributed by atoms with E-state index in [1.54, 1.807) is 11.0 Å². The molecule has 0 radical (unpaired) electrons. The molecule has 0 aliphatic heterocycles. The highest BCUT2D eigenvalue weighted by Gasteiger charge is 2.23. The van der Waals surface area contributed by atoms with E-state index in [1.807, 2.05) is 39.8 Å². The van der Waals surface area contributed by atoms with Crippen LogP contribution < -0.4 is 4.73 Å². The van der Waals surface area contributed by atoms with E-state index in [1.165, 1.54) is 6.20 Å². The van der Waals surface area contributed by atoms with Crippen molar-refractivity contribution in [2.45, 2.75) is 39.8 Å². The molecular formula is C18H21BrN4O3. The third kappa shape index (κ3) is 3.75. The molecule has 0 aliphatic rings. The summed E-state index contributed by atoms with van der Waals surface area (Å²) in [6.07, 6.45) is 1.04. The van der Waals surface area contributed by atoms with Crippen LogP contribution in [0.15, 0.2) is 28.9 Å². The minimum Gasteiger partial charge on any atom is -0.618 e. The highest BCUT2D eigenvalue weighted by atomic mass is 79.9. The number of rotatable bonds is 3. The number of aromatic nitrogens is 3. The van der Waals surface area contributed by atoms with Gasteiger partial charge in [-0.2, -0.15) is 4.73 Å². The Morgan fingerprint density at radius 3 is 2.81 bits per heavy atom. The first-order valence-corrected chi connectivity index (χ1v) is 9.15. The minimum absolute atomic E-state index is 0.275. The maximum absolute atomic E-state index is 12.3. The van der Waals surface area contributed by atoms with Crippen LogP contribution in [0.2, 0.25) is 0 Å². The number of nitrogens with zero attached hydrogens (tertiary/aromatic N) is 3. The molecule has 0 bridgehead atoms. The van der Waals surface area contributed by atoms with E-state index in [0.29, 0.717) is 23.4 Å². The van der Waals surface area contributed by atoms with E-state index in [-0.39, 0.29) is 6.54 Å². The number of ether oxygens (including phenoxy) is 1. The summed E-state index contributed by atoms with van der Waals surface area (Å²) in [6, 6.07) is 5.51. The average Bonchev–Trinajstić information content (AvgIpc) is 2.93. The smallest absolute Gasteiger partial charge is 0.410 e. The van der Waals surface area contributed by atoms with Gasteiger partial charge in [0.05, 0.1) is 17.4 Å². The van der Waals surface area contributed by atoms with E-state index < -0.39 is 11.7 Å². The molecule has 0 fully saturated rings. The van der Waals surface area contributed by atoms with Crippen LogP contribution >= 0.6 is 15.9 Å². The Morgan fingerprint density at radius 1 is 1.42 bits per heavy atom. The van der Waals surface area contributed by atoms with Gasteiger partial charge in [-0.05, 0) is 39.8 Å². The van der Waals surface area contributed by atoms with Crippen LogP contribution in [0.1, 0.15) is 33.5 Å². The fourth-order valence-corrected chi connectivity index (χ4v) is 3.05. The first-order valence-electron chi connectivity index (χ1n) is 8.36. The van der Waals surface area contributed by atoms with Crippen LogP contribution in [-0.2, 0) is 11.3 Å². The molecule has 0 saturated carbocycles. The van der Waals surface area contributed by atoms with E-state index in [4.69, 9.17) is 4.74 Å². The number of pyridine rings is 1. The zero-order valence-corrected chi connectivity index (χ0v) is 16.8. The highest BCUT2D eigenvalue weighted by Crippen LogP contribution is 2.24. The Hall–Kier alpha value is -2.35. The molecule has 3 rings (SSSR count). The van der Waals surface area contributed by atoms with Gasteiger partial charge in [0, 0.05) is 17.1 Å². The quantitative estimate of drug-likeness (QED) is 0.514. The van der Waals surface area contributed by atoms with Crippen molar-refractivity contribution in [2.75, 3.05) is 6.54 Å². The Bertz CT molecular complexity index is 978. The van der Waals surface area contributed by atoms with Gasteiger partial charge in [-0.25, -0.2) is 9.78 Å². The molecule has 1 N–H and O–H groups in total. The summed E-state index contributed by atoms with van der Waals surface area (Å²) >= 11 is 3.38. The van der Waals surface area contributed by atoms with Gasteiger partial charge in [0.25, 0.3) is 0 Å². The van der Waals surface area contributed by atoms with Crippen LogP contribution in [0.5, 0.6) is 0 Å². The second-order valence-corrected chi connectivity index (χ2v) is 7.97. The molecule has 0 unspecified atom stereocenters. The van der Waals surface area contributed by atoms with Crippen molar-refractivity contribution < 1.29 is 14.3 Å². The van der Waals surface area contributed by atoms with Crippen molar-refractivity contribution in [3.8, 4) is 0 Å². The molecule has 138 valence electrons. The molecule has 2 heterocycles. The number of amides is 1. The molecule has 0 atom stereocenters. The molecule has 3 aromatic rings. The normalized spacial score (nSPS) is 11.9. The third-order valence-corrected chi connectivity index (χ3v) is 4.35. The highest BCUT2D eigenvalue weighted by molar-refractivity contribution is 9.10. The van der Waals surface area contributed by atoms with Crippen LogP contribution in [0.4, 0.5) is 4.79 Å². The first-order chi connectivity index (χ1) is 12.2. The fourth-order valence-electron chi connectivity index (χ4n) is 2.70. The van der Waals surface area contributed by atoms with Gasteiger partial charge < -0.3 is 19.8 Å². The summed E-state index contributed by atoms with van der Waals surface area (Å²) in [5, 5.41) is 13.0. The van der Waals surface area contributed by atoms with Crippen LogP contribution in [0.25, 0.3) is 21.9 Å². The number of fused-ring (bicyclic) bond motifs is 3. The number of aromatic amines is 1. The van der Waals surface area contributed by atoms with E-state index in [2.05, 4.69) is 25.9 Å². The zero-order chi connectivity index (χ0) is 19.1. The maximum atomic E-state index is 12.3. The fraction of sp³-hybridized carbons (Fsp3) is 0.389. The molecule has 0 aliphatic carbocycles. The number of carbonyl (C=O) groups excluding carboxylic acids is 1. The Kier molecular flexibility index (Phi) is 4.79. The number of H-pyrrole nitrogens is 1. The number of benzene rings is 1. The Labute approximate surface area is 159 Å². The van der Waals surface area contributed by atoms with Crippen LogP contribution in [-0.4, -0.2) is 33.1 Å². The Balaban J connectivity index is 1.96. The van der Waals surface area contributed by atoms with Crippen molar-refractivity contribution in [2.24, 2.45) is 0 Å². The lowest BCUT2D eigenvalue weighted by Gasteiger charge is -2.25. The monoisotopic (exact) mass is 420 g/mol. The van der Waals surface area contributed by atoms with Gasteiger partial charge in [0.15, 0.2) is 5.52 Å². The van der Waals surface area contributed by atoms with Crippen molar-refractivity contribution in [1.82, 2.24) is 14.9 Å². The third-order valence-electron chi connectivity index (χ3n) is 3.86. The van der Waals surface area contributed by atoms with Gasteiger partial charge >= 0.3 is 6.09 Å². The van der Waals surface area contributed by atoms with E-state index >= 15 is 0 Å². The second kappa shape index (κ2) is 6.75. The SMILES string of the molecule is CCN(Cc1nc2c[n+]([O-])c3cc(Br)ccc3c2[nH]1)C(=O)OC(C)(C)C. The number of hydrogen-bond donors (Lipinski definition) is 1. The topological polar surface area (TPSA) is 85.2 Å². The summed E-state index contributed by atoms with van der Waals surface area (Å²) in [4.78, 5) is 21.6. The van der Waals surface area contributed by atoms with Gasteiger partial charge in [-0.3, -0.25) is 0 Å². The zero-order valence-electron chi connectivity index (χ0n) is 15.2. The first kappa shape index (κ1) is 18.4. The van der Waals surface area contributed by atoms with Crippen molar-refractivity contribution in [3.05, 3.63) is 39.9 Å². The van der Waals surface area contributed by atoms with Crippen LogP contribution in [0, 0.1) is 5.21 Å². The number of halogens is 1. The number of nitrogens with one attached hydrogen (secondary N) is 1. The van der Waals surface area contributed by atoms with Crippen molar-refractivity contribution in [1.29, 1.82) is 0 Å². The molecule has 26 heavy (non-hydrogen) atoms. The molecule has 1 aromatic carbocycles. The molecule has 0 spiro atoms. The van der Waals surface area contributed by atoms with E-state index in [0.717, 1.165) is 20.1 Å². The van der Waals surface area contributed by atoms with Gasteiger partial charge in [0.2, 0.25) is 11.7 Å². The van der Waals surface area contributed by atoms with Gasteiger partial charge in [-0.1, -0.05) is 15.9 Å². The molecule has 2 aromatic heterocycles. The second-order valence-electron chi connectivity index (χ2n) is 7.05. The lowest BCUT2D eigenvalue weighted by atomic mass is 10.2. The maximum Gasteiger partial charge on any atom is 0.410 e. The summed E-state index contributed by atoms with van der Waals surface area (Å²) in [7, 11) is 0. The molecule has 8 heteroatoms. The predicted octanol–water partition coefficient (Wildman–Crippen LogP) is 3.87. The standard InChI is InChI=1S/C18H21BrN4O3/c1-5-22(17(24)26-18(2,3)4)10-15-20-13-9-23(25)14-8-11(19)6-7-12(14)16(13)21-15/h6-9H,5,10H2,1-4H3,(H,20,21). The molecule has 0 saturated heterocycles. The van der Waals surface area contributed by atoms with Crippen LogP contribution in [0.3, 0.4) is 0 Å². The number of hydrogen-bond acceptors (Lipinski definition) is 4. The summed E-state index contributed by atoms with van der Waals surface area (Å²) in [5.41, 5.74) is 1.32. The molecular weight excluding hydrogens is 400 g/mol. The van der Waals surface area contributed by atoms with Crippen molar-refractivity contribution >= 4 is 44.0 Å². The summed E-state index contributed by atoms with van der Waals surface area (Å²) < 4.78 is 7.06. The van der Waals surface area contributed by atoms with Crippen molar-refractivity contribution in [3.63, 3.8) is 0 Å². The largest absolute Gasteiger partial charge is 0.618 e. The summed E-state index contributed by atoms with van der Waals surface area (Å²) in [6.45, 7) is 8.13. The number of carbonyl (C=O) groups is 1. The average molecular weight is 421 g/mol. The summed E-state index contributed by atoms with van der Waals surface area (Å²) in [5.74, 6) is 0.600. The lowest BCUT2D eigenvalue weighted by Crippen LogP contribution is -2.36. The predicted molar refractivity (Wildman–Crippen MR) is 103 cm³/mol. The van der Waals surface area contributed by atoms with Gasteiger partial charge in [0.1, 0.15) is 11.4 Å². The lowest BCUT2D eigenvalue weighted by molar-refractivity contribution is -0.575. The van der Waals surface area contributed by atoms with E-state index in [9.17, 15) is 10.0 Å². The molecule has 1 amide bonds. The molecule has 7 nitrogen and oxygen atoms in total. The number of imidazole rings is 1. The minimum atomic E-state index is -0.559. The Morgan fingerprint density at radius 2 is 2.15 bits per heavy atom. The van der Waals surface area contributed by atoms with Gasteiger partial charge in [-0.15, -0.1) is 0 Å².